The molecule has 0 aliphatic carbocycles. The number of rotatable bonds is 7. The SMILES string of the molecule is CCCn1c(O)c2c(c1O)[C@@](CC(C)C)(C(=O)O)N(C(=O)c1ccc(C(C)(C)C)cc1)[C@H]2c1ccccn1. The van der Waals surface area contributed by atoms with Crippen LogP contribution in [0.2, 0.25) is 0 Å². The summed E-state index contributed by atoms with van der Waals surface area (Å²) in [6.45, 7) is 12.2. The lowest BCUT2D eigenvalue weighted by atomic mass is 9.82. The second kappa shape index (κ2) is 9.82. The van der Waals surface area contributed by atoms with Crippen LogP contribution in [0.5, 0.6) is 11.8 Å². The number of hydrogen-bond acceptors (Lipinski definition) is 5. The summed E-state index contributed by atoms with van der Waals surface area (Å²) in [7, 11) is 0. The number of pyridine rings is 1. The van der Waals surface area contributed by atoms with Crippen molar-refractivity contribution in [2.75, 3.05) is 0 Å². The summed E-state index contributed by atoms with van der Waals surface area (Å²) < 4.78 is 1.33. The van der Waals surface area contributed by atoms with Gasteiger partial charge in [-0.3, -0.25) is 14.3 Å². The first kappa shape index (κ1) is 27.2. The van der Waals surface area contributed by atoms with Gasteiger partial charge >= 0.3 is 5.97 Å². The van der Waals surface area contributed by atoms with E-state index >= 15 is 0 Å². The summed E-state index contributed by atoms with van der Waals surface area (Å²) in [4.78, 5) is 33.5. The Morgan fingerprint density at radius 2 is 1.71 bits per heavy atom. The second-order valence-electron chi connectivity index (χ2n) is 11.5. The Balaban J connectivity index is 2.04. The third kappa shape index (κ3) is 4.22. The van der Waals surface area contributed by atoms with Gasteiger partial charge in [0.1, 0.15) is 6.04 Å². The standard InChI is InChI=1S/C30H37N3O5/c1-7-16-32-26(35)22-23(27(32)36)30(28(37)38,17-18(2)3)33(24(22)21-10-8-9-15-31-21)25(34)19-11-13-20(14-12-19)29(4,5)6/h8-15,18,24,35-36H,7,16-17H2,1-6H3,(H,37,38)/t24-,30-/m0/s1. The molecule has 3 heterocycles. The van der Waals surface area contributed by atoms with Gasteiger partial charge in [0, 0.05) is 18.3 Å². The van der Waals surface area contributed by atoms with Crippen LogP contribution in [-0.2, 0) is 22.3 Å². The molecular weight excluding hydrogens is 482 g/mol. The topological polar surface area (TPSA) is 116 Å². The number of carbonyl (C=O) groups is 2. The Morgan fingerprint density at radius 1 is 1.05 bits per heavy atom. The molecule has 0 radical (unpaired) electrons. The normalized spacial score (nSPS) is 19.1. The molecule has 1 aliphatic heterocycles. The molecule has 1 amide bonds. The van der Waals surface area contributed by atoms with Crippen molar-refractivity contribution in [3.05, 3.63) is 76.6 Å². The molecule has 8 nitrogen and oxygen atoms in total. The van der Waals surface area contributed by atoms with Crippen molar-refractivity contribution in [3.63, 3.8) is 0 Å². The van der Waals surface area contributed by atoms with Gasteiger partial charge in [-0.05, 0) is 54.0 Å². The number of carbonyl (C=O) groups excluding carboxylic acids is 1. The minimum absolute atomic E-state index is 0.0353. The fraction of sp³-hybridized carbons (Fsp3) is 0.433. The predicted octanol–water partition coefficient (Wildman–Crippen LogP) is 5.57. The summed E-state index contributed by atoms with van der Waals surface area (Å²) in [6, 6.07) is 11.3. The summed E-state index contributed by atoms with van der Waals surface area (Å²) in [6.07, 6.45) is 2.21. The van der Waals surface area contributed by atoms with Crippen molar-refractivity contribution < 1.29 is 24.9 Å². The number of aliphatic carboxylic acids is 1. The molecule has 38 heavy (non-hydrogen) atoms. The molecule has 0 fully saturated rings. The van der Waals surface area contributed by atoms with Crippen molar-refractivity contribution in [2.45, 2.75) is 77.9 Å². The number of nitrogens with zero attached hydrogens (tertiary/aromatic N) is 3. The first-order valence-electron chi connectivity index (χ1n) is 13.1. The Morgan fingerprint density at radius 3 is 2.21 bits per heavy atom. The molecule has 4 rings (SSSR count). The molecule has 1 aliphatic rings. The van der Waals surface area contributed by atoms with Gasteiger partial charge in [-0.2, -0.15) is 0 Å². The zero-order chi connectivity index (χ0) is 28.0. The Hall–Kier alpha value is -3.81. The number of benzene rings is 1. The van der Waals surface area contributed by atoms with Crippen LogP contribution in [0, 0.1) is 5.92 Å². The van der Waals surface area contributed by atoms with E-state index in [0.29, 0.717) is 24.2 Å². The van der Waals surface area contributed by atoms with Crippen LogP contribution in [0.25, 0.3) is 0 Å². The number of aromatic nitrogens is 2. The van der Waals surface area contributed by atoms with E-state index in [0.717, 1.165) is 5.56 Å². The number of carboxylic acid groups (broad SMARTS) is 1. The molecular formula is C30H37N3O5. The maximum Gasteiger partial charge on any atom is 0.334 e. The van der Waals surface area contributed by atoms with Crippen LogP contribution < -0.4 is 0 Å². The van der Waals surface area contributed by atoms with Crippen molar-refractivity contribution in [1.82, 2.24) is 14.5 Å². The lowest BCUT2D eigenvalue weighted by Gasteiger charge is -2.40. The van der Waals surface area contributed by atoms with Crippen molar-refractivity contribution in [3.8, 4) is 11.8 Å². The lowest BCUT2D eigenvalue weighted by Crippen LogP contribution is -2.53. The fourth-order valence-electron chi connectivity index (χ4n) is 5.63. The van der Waals surface area contributed by atoms with Gasteiger partial charge < -0.3 is 20.2 Å². The number of aromatic hydroxyl groups is 2. The van der Waals surface area contributed by atoms with Crippen molar-refractivity contribution in [2.24, 2.45) is 5.92 Å². The van der Waals surface area contributed by atoms with E-state index in [1.165, 1.54) is 9.47 Å². The molecule has 0 saturated heterocycles. The molecule has 202 valence electrons. The highest BCUT2D eigenvalue weighted by Gasteiger charge is 2.62. The smallest absolute Gasteiger partial charge is 0.334 e. The minimum Gasteiger partial charge on any atom is -0.494 e. The Labute approximate surface area is 223 Å². The van der Waals surface area contributed by atoms with Crippen molar-refractivity contribution in [1.29, 1.82) is 0 Å². The van der Waals surface area contributed by atoms with Gasteiger partial charge in [0.05, 0.1) is 16.8 Å². The first-order valence-corrected chi connectivity index (χ1v) is 13.1. The quantitative estimate of drug-likeness (QED) is 0.376. The summed E-state index contributed by atoms with van der Waals surface area (Å²) in [5, 5.41) is 33.7. The molecule has 2 aromatic heterocycles. The van der Waals surface area contributed by atoms with Gasteiger partial charge in [0.15, 0.2) is 11.4 Å². The molecule has 1 aromatic carbocycles. The number of fused-ring (bicyclic) bond motifs is 1. The summed E-state index contributed by atoms with van der Waals surface area (Å²) in [5.74, 6) is -2.52. The highest BCUT2D eigenvalue weighted by Crippen LogP contribution is 2.59. The molecule has 2 atom stereocenters. The van der Waals surface area contributed by atoms with Crippen LogP contribution in [-0.4, -0.2) is 41.6 Å². The highest BCUT2D eigenvalue weighted by molar-refractivity contribution is 6.01. The third-order valence-electron chi connectivity index (χ3n) is 7.29. The molecule has 0 unspecified atom stereocenters. The van der Waals surface area contributed by atoms with Crippen LogP contribution in [0.4, 0.5) is 0 Å². The maximum absolute atomic E-state index is 14.4. The summed E-state index contributed by atoms with van der Waals surface area (Å²) >= 11 is 0. The van der Waals surface area contributed by atoms with E-state index in [4.69, 9.17) is 0 Å². The Bertz CT molecular complexity index is 1340. The number of carboxylic acids is 1. The average Bonchev–Trinajstić information content (AvgIpc) is 3.30. The second-order valence-corrected chi connectivity index (χ2v) is 11.5. The van der Waals surface area contributed by atoms with Crippen LogP contribution in [0.15, 0.2) is 48.7 Å². The fourth-order valence-corrected chi connectivity index (χ4v) is 5.63. The van der Waals surface area contributed by atoms with Gasteiger partial charge in [0.2, 0.25) is 5.88 Å². The lowest BCUT2D eigenvalue weighted by molar-refractivity contribution is -0.152. The molecule has 0 bridgehead atoms. The Kier molecular flexibility index (Phi) is 7.03. The maximum atomic E-state index is 14.4. The van der Waals surface area contributed by atoms with Crippen LogP contribution >= 0.6 is 0 Å². The van der Waals surface area contributed by atoms with E-state index in [2.05, 4.69) is 25.8 Å². The first-order chi connectivity index (χ1) is 17.9. The zero-order valence-electron chi connectivity index (χ0n) is 22.9. The molecule has 8 heteroatoms. The molecule has 3 aromatic rings. The van der Waals surface area contributed by atoms with Gasteiger partial charge in [-0.25, -0.2) is 4.79 Å². The predicted molar refractivity (Wildman–Crippen MR) is 144 cm³/mol. The average molecular weight is 520 g/mol. The zero-order valence-corrected chi connectivity index (χ0v) is 22.9. The van der Waals surface area contributed by atoms with Crippen LogP contribution in [0.1, 0.15) is 93.2 Å². The molecule has 0 spiro atoms. The number of amides is 1. The third-order valence-corrected chi connectivity index (χ3v) is 7.29. The van der Waals surface area contributed by atoms with E-state index in [9.17, 15) is 24.9 Å². The minimum atomic E-state index is -1.92. The van der Waals surface area contributed by atoms with Gasteiger partial charge in [-0.15, -0.1) is 0 Å². The van der Waals surface area contributed by atoms with Crippen molar-refractivity contribution >= 4 is 11.9 Å². The van der Waals surface area contributed by atoms with Gasteiger partial charge in [-0.1, -0.05) is 59.7 Å². The van der Waals surface area contributed by atoms with Gasteiger partial charge in [0.25, 0.3) is 5.91 Å². The van der Waals surface area contributed by atoms with E-state index in [-0.39, 0.29) is 40.6 Å². The van der Waals surface area contributed by atoms with E-state index < -0.39 is 23.5 Å². The monoisotopic (exact) mass is 519 g/mol. The van der Waals surface area contributed by atoms with Crippen LogP contribution in [0.3, 0.4) is 0 Å². The van der Waals surface area contributed by atoms with E-state index in [1.807, 2.05) is 32.9 Å². The highest BCUT2D eigenvalue weighted by atomic mass is 16.4. The summed E-state index contributed by atoms with van der Waals surface area (Å²) in [5.41, 5.74) is -0.0238. The number of hydrogen-bond donors (Lipinski definition) is 3. The molecule has 3 N–H and O–H groups in total. The molecule has 0 saturated carbocycles. The largest absolute Gasteiger partial charge is 0.494 e. The van der Waals surface area contributed by atoms with E-state index in [1.54, 1.807) is 36.5 Å².